The molecule has 172 valence electrons. The molecule has 3 heterocycles. The molecule has 2 saturated heterocycles. The molecule has 2 aromatic rings. The molecular weight excluding hydrogens is 512 g/mol. The van der Waals surface area contributed by atoms with Crippen molar-refractivity contribution in [3.8, 4) is 0 Å². The summed E-state index contributed by atoms with van der Waals surface area (Å²) < 4.78 is 0. The van der Waals surface area contributed by atoms with E-state index in [2.05, 4.69) is 10.6 Å². The molecule has 4 unspecified atom stereocenters. The van der Waals surface area contributed by atoms with Gasteiger partial charge in [-0.25, -0.2) is 0 Å². The molecule has 2 aromatic carbocycles. The zero-order valence-corrected chi connectivity index (χ0v) is 19.9. The van der Waals surface area contributed by atoms with Crippen molar-refractivity contribution < 1.29 is 19.5 Å². The minimum Gasteiger partial charge on any atom is -0.481 e. The molecule has 5 rings (SSSR count). The average molecular weight is 529 g/mol. The summed E-state index contributed by atoms with van der Waals surface area (Å²) in [6.07, 6.45) is 1.28. The summed E-state index contributed by atoms with van der Waals surface area (Å²) >= 11 is 24.7. The summed E-state index contributed by atoms with van der Waals surface area (Å²) in [6, 6.07) is 7.15. The van der Waals surface area contributed by atoms with Gasteiger partial charge in [-0.3, -0.25) is 19.3 Å². The summed E-state index contributed by atoms with van der Waals surface area (Å²) in [5.74, 6) is -4.69. The summed E-state index contributed by atoms with van der Waals surface area (Å²) in [6.45, 7) is 0.457. The highest BCUT2D eigenvalue weighted by molar-refractivity contribution is 6.38. The molecule has 3 N–H and O–H groups in total. The van der Waals surface area contributed by atoms with Gasteiger partial charge in [-0.1, -0.05) is 46.4 Å². The van der Waals surface area contributed by atoms with Crippen molar-refractivity contribution in [2.75, 3.05) is 17.2 Å². The van der Waals surface area contributed by atoms with Crippen LogP contribution in [0.4, 0.5) is 11.4 Å². The molecule has 2 amide bonds. The van der Waals surface area contributed by atoms with Crippen LogP contribution in [0.3, 0.4) is 0 Å². The number of carbonyl (C=O) groups is 3. The number of benzene rings is 2. The molecular formula is C22H17Cl4N3O4. The van der Waals surface area contributed by atoms with E-state index < -0.39 is 41.2 Å². The molecule has 33 heavy (non-hydrogen) atoms. The van der Waals surface area contributed by atoms with E-state index in [1.54, 1.807) is 6.07 Å². The topological polar surface area (TPSA) is 98.7 Å². The van der Waals surface area contributed by atoms with E-state index in [4.69, 9.17) is 46.4 Å². The Morgan fingerprint density at radius 2 is 1.73 bits per heavy atom. The first-order chi connectivity index (χ1) is 15.6. The molecule has 0 radical (unpaired) electrons. The first-order valence-electron chi connectivity index (χ1n) is 10.2. The number of hydrogen-bond donors (Lipinski definition) is 3. The minimum absolute atomic E-state index is 0.212. The van der Waals surface area contributed by atoms with Crippen molar-refractivity contribution in [1.82, 2.24) is 4.90 Å². The first kappa shape index (κ1) is 22.7. The van der Waals surface area contributed by atoms with Gasteiger partial charge in [-0.05, 0) is 49.7 Å². The van der Waals surface area contributed by atoms with Crippen LogP contribution in [0.5, 0.6) is 0 Å². The van der Waals surface area contributed by atoms with E-state index in [9.17, 15) is 19.5 Å². The van der Waals surface area contributed by atoms with E-state index >= 15 is 0 Å². The van der Waals surface area contributed by atoms with Crippen LogP contribution in [0.15, 0.2) is 30.3 Å². The molecule has 2 fully saturated rings. The van der Waals surface area contributed by atoms with E-state index in [0.717, 1.165) is 0 Å². The van der Waals surface area contributed by atoms with E-state index in [1.165, 1.54) is 24.3 Å². The number of carboxylic acids is 1. The van der Waals surface area contributed by atoms with Gasteiger partial charge in [0.2, 0.25) is 5.91 Å². The summed E-state index contributed by atoms with van der Waals surface area (Å²) in [5, 5.41) is 17.0. The maximum Gasteiger partial charge on any atom is 0.310 e. The lowest BCUT2D eigenvalue weighted by Gasteiger charge is -2.35. The van der Waals surface area contributed by atoms with Crippen LogP contribution in [0.25, 0.3) is 0 Å². The average Bonchev–Trinajstić information content (AvgIpc) is 3.35. The largest absolute Gasteiger partial charge is 0.481 e. The fourth-order valence-electron chi connectivity index (χ4n) is 5.70. The molecule has 3 aliphatic rings. The van der Waals surface area contributed by atoms with Crippen LogP contribution in [-0.2, 0) is 19.9 Å². The number of fused-ring (bicyclic) bond motifs is 4. The highest BCUT2D eigenvalue weighted by Crippen LogP contribution is 2.59. The fourth-order valence-corrected chi connectivity index (χ4v) is 6.77. The quantitative estimate of drug-likeness (QED) is 0.527. The number of aliphatic carboxylic acids is 1. The summed E-state index contributed by atoms with van der Waals surface area (Å²) in [4.78, 5) is 41.6. The first-order valence-corrected chi connectivity index (χ1v) is 11.7. The lowest BCUT2D eigenvalue weighted by Crippen LogP contribution is -2.53. The molecule has 0 saturated carbocycles. The number of nitrogens with zero attached hydrogens (tertiary/aromatic N) is 1. The normalized spacial score (nSPS) is 28.0. The van der Waals surface area contributed by atoms with Crippen LogP contribution in [-0.4, -0.2) is 40.4 Å². The standard InChI is InChI=1S/C22H17Cl4N3O4/c23-9-4-10(24)6-12(5-9)27-19(30)16-15-2-1-3-29(15)22(17(16)20(31)32)13-7-11(25)8-14(26)18(13)28-21(22)33/h4-8,15-17H,1-3H2,(H,27,30)(H,28,33)(H,31,32). The van der Waals surface area contributed by atoms with Crippen molar-refractivity contribution in [1.29, 1.82) is 0 Å². The smallest absolute Gasteiger partial charge is 0.310 e. The van der Waals surface area contributed by atoms with Gasteiger partial charge < -0.3 is 15.7 Å². The highest BCUT2D eigenvalue weighted by atomic mass is 35.5. The molecule has 0 bridgehead atoms. The number of carbonyl (C=O) groups excluding carboxylic acids is 2. The van der Waals surface area contributed by atoms with Gasteiger partial charge >= 0.3 is 5.97 Å². The zero-order chi connectivity index (χ0) is 23.7. The predicted molar refractivity (Wildman–Crippen MR) is 126 cm³/mol. The van der Waals surface area contributed by atoms with Gasteiger partial charge in [0.1, 0.15) is 11.5 Å². The lowest BCUT2D eigenvalue weighted by molar-refractivity contribution is -0.152. The van der Waals surface area contributed by atoms with Gasteiger partial charge in [0, 0.05) is 32.4 Å². The maximum absolute atomic E-state index is 13.5. The van der Waals surface area contributed by atoms with Gasteiger partial charge in [0.05, 0.1) is 16.6 Å². The number of amides is 2. The van der Waals surface area contributed by atoms with Crippen molar-refractivity contribution >= 4 is 75.6 Å². The molecule has 7 nitrogen and oxygen atoms in total. The number of nitrogens with one attached hydrogen (secondary N) is 2. The van der Waals surface area contributed by atoms with Gasteiger partial charge in [-0.15, -0.1) is 0 Å². The molecule has 11 heteroatoms. The third-order valence-electron chi connectivity index (χ3n) is 6.73. The number of hydrogen-bond acceptors (Lipinski definition) is 4. The Morgan fingerprint density at radius 3 is 2.39 bits per heavy atom. The van der Waals surface area contributed by atoms with E-state index in [-0.39, 0.29) is 10.0 Å². The number of halogens is 4. The van der Waals surface area contributed by atoms with Gasteiger partial charge in [-0.2, -0.15) is 0 Å². The second kappa shape index (κ2) is 8.03. The third kappa shape index (κ3) is 3.33. The Morgan fingerprint density at radius 1 is 1.06 bits per heavy atom. The van der Waals surface area contributed by atoms with E-state index in [1.807, 2.05) is 4.90 Å². The van der Waals surface area contributed by atoms with Gasteiger partial charge in [0.25, 0.3) is 5.91 Å². The lowest BCUT2D eigenvalue weighted by atomic mass is 9.73. The summed E-state index contributed by atoms with van der Waals surface area (Å²) in [5.41, 5.74) is -0.559. The Hall–Kier alpha value is -2.03. The van der Waals surface area contributed by atoms with Crippen LogP contribution in [0.1, 0.15) is 18.4 Å². The molecule has 0 aromatic heterocycles. The van der Waals surface area contributed by atoms with Crippen LogP contribution < -0.4 is 10.6 Å². The third-order valence-corrected chi connectivity index (χ3v) is 7.68. The Labute approximate surface area is 208 Å². The highest BCUT2D eigenvalue weighted by Gasteiger charge is 2.71. The van der Waals surface area contributed by atoms with Crippen LogP contribution in [0, 0.1) is 11.8 Å². The predicted octanol–water partition coefficient (Wildman–Crippen LogP) is 4.88. The van der Waals surface area contributed by atoms with Gasteiger partial charge in [0.15, 0.2) is 0 Å². The van der Waals surface area contributed by atoms with Crippen molar-refractivity contribution in [2.45, 2.75) is 24.4 Å². The summed E-state index contributed by atoms with van der Waals surface area (Å²) in [7, 11) is 0. The second-order valence-corrected chi connectivity index (χ2v) is 10.1. The van der Waals surface area contributed by atoms with Crippen molar-refractivity contribution in [2.24, 2.45) is 11.8 Å². The zero-order valence-electron chi connectivity index (χ0n) is 16.9. The SMILES string of the molecule is O=C(Nc1cc(Cl)cc(Cl)c1)C1C2CCCN2C2(C(=O)Nc3c(Cl)cc(Cl)cc32)C1C(=O)O. The van der Waals surface area contributed by atoms with Crippen molar-refractivity contribution in [3.05, 3.63) is 56.0 Å². The second-order valence-electron chi connectivity index (χ2n) is 8.42. The van der Waals surface area contributed by atoms with Crippen LogP contribution >= 0.6 is 46.4 Å². The minimum atomic E-state index is -1.61. The monoisotopic (exact) mass is 527 g/mol. The molecule has 1 spiro atoms. The molecule has 4 atom stereocenters. The maximum atomic E-state index is 13.5. The number of carboxylic acid groups (broad SMARTS) is 1. The fraction of sp³-hybridized carbons (Fsp3) is 0.318. The number of rotatable bonds is 3. The number of anilines is 2. The Balaban J connectivity index is 1.64. The van der Waals surface area contributed by atoms with Crippen LogP contribution in [0.2, 0.25) is 20.1 Å². The molecule has 0 aliphatic carbocycles. The Bertz CT molecular complexity index is 1200. The van der Waals surface area contributed by atoms with Crippen molar-refractivity contribution in [3.63, 3.8) is 0 Å². The van der Waals surface area contributed by atoms with E-state index in [0.29, 0.717) is 46.4 Å². The molecule has 3 aliphatic heterocycles. The Kier molecular flexibility index (Phi) is 5.53.